The number of likely N-dealkylation sites (N-methyl/N-ethyl adjacent to an activating group) is 1. The summed E-state index contributed by atoms with van der Waals surface area (Å²) in [4.78, 5) is 42.0. The highest BCUT2D eigenvalue weighted by molar-refractivity contribution is 5.94. The summed E-state index contributed by atoms with van der Waals surface area (Å²) in [7, 11) is 1.71. The zero-order valence-electron chi connectivity index (χ0n) is 24.3. The number of amides is 3. The van der Waals surface area contributed by atoms with Crippen LogP contribution < -0.4 is 10.6 Å². The summed E-state index contributed by atoms with van der Waals surface area (Å²) in [6.07, 6.45) is 15.6. The molecule has 2 saturated heterocycles. The minimum atomic E-state index is -1.16. The van der Waals surface area contributed by atoms with Crippen LogP contribution in [0.1, 0.15) is 112 Å². The van der Waals surface area contributed by atoms with Crippen LogP contribution in [0, 0.1) is 5.41 Å². The molecule has 1 aromatic rings. The van der Waals surface area contributed by atoms with Crippen molar-refractivity contribution in [2.24, 2.45) is 5.41 Å². The lowest BCUT2D eigenvalue weighted by molar-refractivity contribution is -0.143. The van der Waals surface area contributed by atoms with Crippen molar-refractivity contribution >= 4 is 17.7 Å². The van der Waals surface area contributed by atoms with E-state index in [4.69, 9.17) is 0 Å². The van der Waals surface area contributed by atoms with Gasteiger partial charge in [0.2, 0.25) is 5.91 Å². The predicted molar refractivity (Wildman–Crippen MR) is 155 cm³/mol. The second kappa shape index (κ2) is 12.6. The maximum Gasteiger partial charge on any atom is 0.254 e. The van der Waals surface area contributed by atoms with Crippen LogP contribution in [0.5, 0.6) is 0 Å². The highest BCUT2D eigenvalue weighted by Crippen LogP contribution is 2.50. The van der Waals surface area contributed by atoms with E-state index < -0.39 is 5.60 Å². The third kappa shape index (κ3) is 6.38. The highest BCUT2D eigenvalue weighted by atomic mass is 16.3. The number of hydrogen-bond acceptors (Lipinski definition) is 5. The lowest BCUT2D eigenvalue weighted by Gasteiger charge is -2.48. The molecule has 1 spiro atoms. The molecule has 2 aliphatic heterocycles. The summed E-state index contributed by atoms with van der Waals surface area (Å²) < 4.78 is 0. The Morgan fingerprint density at radius 2 is 1.35 bits per heavy atom. The van der Waals surface area contributed by atoms with Gasteiger partial charge in [0.05, 0.1) is 6.04 Å². The van der Waals surface area contributed by atoms with Gasteiger partial charge in [-0.25, -0.2) is 0 Å². The third-order valence-corrected chi connectivity index (χ3v) is 10.0. The summed E-state index contributed by atoms with van der Waals surface area (Å²) in [5.41, 5.74) is 0.777. The molecule has 3 amide bonds. The summed E-state index contributed by atoms with van der Waals surface area (Å²) in [5.74, 6) is -0.160. The SMILES string of the molecule is CNC(=O)C1CCC2(CCCCCCCCCC2)C(c2ccc(C(=O)N3CCN(C(=O)C4(O)CC4)CC3)cc2)N1. The van der Waals surface area contributed by atoms with Gasteiger partial charge in [-0.3, -0.25) is 19.7 Å². The van der Waals surface area contributed by atoms with Gasteiger partial charge in [0.1, 0.15) is 5.60 Å². The van der Waals surface area contributed by atoms with Crippen LogP contribution in [0.4, 0.5) is 0 Å². The molecule has 4 fully saturated rings. The van der Waals surface area contributed by atoms with E-state index in [-0.39, 0.29) is 35.2 Å². The third-order valence-electron chi connectivity index (χ3n) is 10.0. The summed E-state index contributed by atoms with van der Waals surface area (Å²) in [6.45, 7) is 1.87. The zero-order valence-corrected chi connectivity index (χ0v) is 24.3. The van der Waals surface area contributed by atoms with Crippen LogP contribution in [-0.4, -0.2) is 77.5 Å². The number of hydrogen-bond donors (Lipinski definition) is 3. The number of piperazine rings is 1. The number of nitrogens with one attached hydrogen (secondary N) is 2. The molecule has 2 heterocycles. The number of aliphatic hydroxyl groups is 1. The van der Waals surface area contributed by atoms with Crippen LogP contribution in [0.2, 0.25) is 0 Å². The van der Waals surface area contributed by atoms with Crippen molar-refractivity contribution in [3.63, 3.8) is 0 Å². The molecule has 220 valence electrons. The molecule has 0 aromatic heterocycles. The molecule has 1 aromatic carbocycles. The molecular formula is C32H48N4O4. The number of carbonyl (C=O) groups excluding carboxylic acids is 3. The van der Waals surface area contributed by atoms with Crippen molar-refractivity contribution in [1.29, 1.82) is 0 Å². The van der Waals surface area contributed by atoms with Gasteiger partial charge in [0.25, 0.3) is 11.8 Å². The number of rotatable bonds is 4. The molecule has 2 unspecified atom stereocenters. The van der Waals surface area contributed by atoms with Crippen molar-refractivity contribution in [2.45, 2.75) is 108 Å². The van der Waals surface area contributed by atoms with Crippen LogP contribution in [-0.2, 0) is 9.59 Å². The lowest BCUT2D eigenvalue weighted by atomic mass is 9.64. The molecule has 0 bridgehead atoms. The maximum absolute atomic E-state index is 13.3. The molecule has 8 nitrogen and oxygen atoms in total. The van der Waals surface area contributed by atoms with Gasteiger partial charge in [0, 0.05) is 44.8 Å². The first-order valence-corrected chi connectivity index (χ1v) is 15.7. The van der Waals surface area contributed by atoms with E-state index in [9.17, 15) is 19.5 Å². The average molecular weight is 553 g/mol. The molecule has 40 heavy (non-hydrogen) atoms. The maximum atomic E-state index is 13.3. The largest absolute Gasteiger partial charge is 0.380 e. The Bertz CT molecular complexity index is 1030. The monoisotopic (exact) mass is 552 g/mol. The second-order valence-corrected chi connectivity index (χ2v) is 12.7. The van der Waals surface area contributed by atoms with Gasteiger partial charge in [-0.1, -0.05) is 63.5 Å². The van der Waals surface area contributed by atoms with E-state index in [1.165, 1.54) is 64.2 Å². The highest BCUT2D eigenvalue weighted by Gasteiger charge is 2.50. The Labute approximate surface area is 239 Å². The fraction of sp³-hybridized carbons (Fsp3) is 0.719. The van der Waals surface area contributed by atoms with Crippen LogP contribution in [0.3, 0.4) is 0 Å². The minimum absolute atomic E-state index is 0.0201. The predicted octanol–water partition coefficient (Wildman–Crippen LogP) is 3.94. The Morgan fingerprint density at radius 1 is 0.800 bits per heavy atom. The Hall–Kier alpha value is -2.45. The number of benzene rings is 1. The molecule has 0 radical (unpaired) electrons. The van der Waals surface area contributed by atoms with Gasteiger partial charge in [-0.05, 0) is 61.6 Å². The van der Waals surface area contributed by atoms with Crippen molar-refractivity contribution in [3.05, 3.63) is 35.4 Å². The van der Waals surface area contributed by atoms with E-state index in [1.54, 1.807) is 11.9 Å². The summed E-state index contributed by atoms with van der Waals surface area (Å²) in [6, 6.07) is 7.93. The fourth-order valence-electron chi connectivity index (χ4n) is 7.29. The van der Waals surface area contributed by atoms with Crippen molar-refractivity contribution < 1.29 is 19.5 Å². The van der Waals surface area contributed by atoms with Gasteiger partial charge >= 0.3 is 0 Å². The number of carbonyl (C=O) groups is 3. The van der Waals surface area contributed by atoms with E-state index in [0.29, 0.717) is 44.6 Å². The fourth-order valence-corrected chi connectivity index (χ4v) is 7.29. The molecular weight excluding hydrogens is 504 g/mol. The minimum Gasteiger partial charge on any atom is -0.380 e. The first kappa shape index (κ1) is 29.1. The smallest absolute Gasteiger partial charge is 0.254 e. The molecule has 2 saturated carbocycles. The first-order chi connectivity index (χ1) is 19.3. The van der Waals surface area contributed by atoms with Crippen LogP contribution in [0.15, 0.2) is 24.3 Å². The first-order valence-electron chi connectivity index (χ1n) is 15.7. The van der Waals surface area contributed by atoms with Crippen molar-refractivity contribution in [1.82, 2.24) is 20.4 Å². The topological polar surface area (TPSA) is 102 Å². The van der Waals surface area contributed by atoms with Crippen LogP contribution in [0.25, 0.3) is 0 Å². The van der Waals surface area contributed by atoms with Crippen molar-refractivity contribution in [2.75, 3.05) is 33.2 Å². The van der Waals surface area contributed by atoms with Gasteiger partial charge in [-0.2, -0.15) is 0 Å². The number of nitrogens with zero attached hydrogens (tertiary/aromatic N) is 2. The van der Waals surface area contributed by atoms with Gasteiger partial charge in [0.15, 0.2) is 0 Å². The van der Waals surface area contributed by atoms with Gasteiger partial charge < -0.3 is 20.2 Å². The Balaban J connectivity index is 1.29. The summed E-state index contributed by atoms with van der Waals surface area (Å²) >= 11 is 0. The Morgan fingerprint density at radius 3 is 1.90 bits per heavy atom. The molecule has 8 heteroatoms. The molecule has 2 aliphatic carbocycles. The molecule has 3 N–H and O–H groups in total. The van der Waals surface area contributed by atoms with Crippen LogP contribution >= 0.6 is 0 Å². The second-order valence-electron chi connectivity index (χ2n) is 12.7. The lowest BCUT2D eigenvalue weighted by Crippen LogP contribution is -2.54. The summed E-state index contributed by atoms with van der Waals surface area (Å²) in [5, 5.41) is 16.8. The van der Waals surface area contributed by atoms with Gasteiger partial charge in [-0.15, -0.1) is 0 Å². The van der Waals surface area contributed by atoms with E-state index in [1.807, 2.05) is 17.0 Å². The molecule has 4 aliphatic rings. The standard InChI is InChI=1S/C32H48N4O4/c1-33-28(37)26-14-17-31(15-8-6-4-2-3-5-7-9-16-31)27(34-26)24-10-12-25(13-11-24)29(38)35-20-22-36(23-21-35)30(39)32(40)18-19-32/h10-13,26-27,34,40H,2-9,14-23H2,1H3,(H,33,37). The molecule has 5 rings (SSSR count). The normalized spacial score (nSPS) is 26.9. The molecule has 2 atom stereocenters. The average Bonchev–Trinajstić information content (AvgIpc) is 3.76. The zero-order chi connectivity index (χ0) is 28.2. The quantitative estimate of drug-likeness (QED) is 0.525. The van der Waals surface area contributed by atoms with E-state index in [0.717, 1.165) is 18.4 Å². The van der Waals surface area contributed by atoms with E-state index >= 15 is 0 Å². The van der Waals surface area contributed by atoms with E-state index in [2.05, 4.69) is 22.8 Å². The number of piperidine rings is 1. The van der Waals surface area contributed by atoms with Crippen molar-refractivity contribution in [3.8, 4) is 0 Å². The Kier molecular flexibility index (Phi) is 9.15.